The number of amides is 1. The van der Waals surface area contributed by atoms with Crippen molar-refractivity contribution in [1.29, 1.82) is 0 Å². The first-order chi connectivity index (χ1) is 11.0. The molecule has 0 saturated heterocycles. The summed E-state index contributed by atoms with van der Waals surface area (Å²) < 4.78 is 32.2. The zero-order valence-electron chi connectivity index (χ0n) is 12.3. The molecule has 0 saturated carbocycles. The smallest absolute Gasteiger partial charge is 0.411 e. The minimum atomic E-state index is -0.893. The highest BCUT2D eigenvalue weighted by molar-refractivity contribution is 6.33. The van der Waals surface area contributed by atoms with E-state index in [1.165, 1.54) is 12.3 Å². The number of hydrogen-bond acceptors (Lipinski definition) is 4. The quantitative estimate of drug-likeness (QED) is 0.645. The van der Waals surface area contributed by atoms with Crippen molar-refractivity contribution >= 4 is 23.4 Å². The Labute approximate surface area is 136 Å². The van der Waals surface area contributed by atoms with Crippen LogP contribution in [0.15, 0.2) is 24.5 Å². The van der Waals surface area contributed by atoms with Crippen LogP contribution in [0.2, 0.25) is 5.15 Å². The van der Waals surface area contributed by atoms with Gasteiger partial charge in [-0.1, -0.05) is 24.9 Å². The van der Waals surface area contributed by atoms with Gasteiger partial charge in [0.15, 0.2) is 5.15 Å². The van der Waals surface area contributed by atoms with Crippen molar-refractivity contribution in [3.05, 3.63) is 41.4 Å². The van der Waals surface area contributed by atoms with E-state index in [0.29, 0.717) is 6.42 Å². The second kappa shape index (κ2) is 7.82. The zero-order valence-corrected chi connectivity index (χ0v) is 13.0. The molecule has 2 aromatic heterocycles. The molecule has 0 fully saturated rings. The lowest BCUT2D eigenvalue weighted by atomic mass is 10.1. The minimum Gasteiger partial charge on any atom is -0.449 e. The molecule has 0 bridgehead atoms. The van der Waals surface area contributed by atoms with Gasteiger partial charge < -0.3 is 4.74 Å². The Morgan fingerprint density at radius 1 is 1.35 bits per heavy atom. The molecule has 0 atom stereocenters. The van der Waals surface area contributed by atoms with Crippen LogP contribution in [0.1, 0.15) is 19.8 Å². The van der Waals surface area contributed by atoms with E-state index < -0.39 is 17.9 Å². The molecule has 0 spiro atoms. The molecule has 0 aliphatic rings. The average Bonchev–Trinajstić information content (AvgIpc) is 2.52. The normalized spacial score (nSPS) is 10.4. The number of nitrogens with one attached hydrogen (secondary N) is 1. The second-order valence-corrected chi connectivity index (χ2v) is 4.99. The summed E-state index contributed by atoms with van der Waals surface area (Å²) in [5, 5.41) is 2.34. The Balaban J connectivity index is 2.33. The lowest BCUT2D eigenvalue weighted by Gasteiger charge is -2.13. The molecule has 0 aliphatic heterocycles. The van der Waals surface area contributed by atoms with Gasteiger partial charge in [0.25, 0.3) is 0 Å². The molecule has 2 heterocycles. The topological polar surface area (TPSA) is 64.1 Å². The predicted octanol–water partition coefficient (Wildman–Crippen LogP) is 4.42. The number of anilines is 1. The Morgan fingerprint density at radius 2 is 2.13 bits per heavy atom. The largest absolute Gasteiger partial charge is 0.449 e. The fourth-order valence-electron chi connectivity index (χ4n) is 1.84. The van der Waals surface area contributed by atoms with Gasteiger partial charge in [0.2, 0.25) is 5.95 Å². The molecule has 1 N–H and O–H groups in total. The first kappa shape index (κ1) is 17.1. The van der Waals surface area contributed by atoms with Gasteiger partial charge in [-0.25, -0.2) is 19.2 Å². The maximum absolute atomic E-state index is 13.9. The zero-order chi connectivity index (χ0) is 16.8. The van der Waals surface area contributed by atoms with Gasteiger partial charge in [0, 0.05) is 17.3 Å². The summed E-state index contributed by atoms with van der Waals surface area (Å²) in [5.41, 5.74) is 0.0436. The first-order valence-corrected chi connectivity index (χ1v) is 7.30. The Bertz CT molecular complexity index is 713. The fraction of sp³-hybridized carbons (Fsp3) is 0.267. The summed E-state index contributed by atoms with van der Waals surface area (Å²) in [4.78, 5) is 18.9. The standard InChI is InChI=1S/C15H14ClF2N3O2/c1-2-3-6-23-15(22)21-12-10(4-5-19-13(12)16)11-7-9(17)8-20-14(11)18/h4-5,7-8H,2-3,6H2,1H3,(H,21,22). The Morgan fingerprint density at radius 3 is 2.87 bits per heavy atom. The number of aromatic nitrogens is 2. The SMILES string of the molecule is CCCCOC(=O)Nc1c(-c2cc(F)cnc2F)ccnc1Cl. The summed E-state index contributed by atoms with van der Waals surface area (Å²) in [6.07, 6.45) is 2.90. The molecule has 8 heteroatoms. The molecule has 5 nitrogen and oxygen atoms in total. The molecule has 23 heavy (non-hydrogen) atoms. The van der Waals surface area contributed by atoms with E-state index in [9.17, 15) is 13.6 Å². The summed E-state index contributed by atoms with van der Waals surface area (Å²) in [5.74, 6) is -1.61. The van der Waals surface area contributed by atoms with Gasteiger partial charge >= 0.3 is 6.09 Å². The molecule has 2 rings (SSSR count). The lowest BCUT2D eigenvalue weighted by molar-refractivity contribution is 0.160. The average molecular weight is 342 g/mol. The van der Waals surface area contributed by atoms with Gasteiger partial charge in [-0.3, -0.25) is 5.32 Å². The van der Waals surface area contributed by atoms with Crippen molar-refractivity contribution in [2.75, 3.05) is 11.9 Å². The summed E-state index contributed by atoms with van der Waals surface area (Å²) in [6, 6.07) is 2.36. The number of unbranched alkanes of at least 4 members (excludes halogenated alkanes) is 1. The molecule has 0 unspecified atom stereocenters. The number of nitrogens with zero attached hydrogens (tertiary/aromatic N) is 2. The van der Waals surface area contributed by atoms with Gasteiger partial charge in [0.1, 0.15) is 5.82 Å². The third-order valence-electron chi connectivity index (χ3n) is 2.96. The highest BCUT2D eigenvalue weighted by Crippen LogP contribution is 2.33. The molecule has 0 aromatic carbocycles. The van der Waals surface area contributed by atoms with Crippen molar-refractivity contribution < 1.29 is 18.3 Å². The third-order valence-corrected chi connectivity index (χ3v) is 3.25. The molecular formula is C15H14ClF2N3O2. The summed E-state index contributed by atoms with van der Waals surface area (Å²) >= 11 is 5.96. The maximum atomic E-state index is 13.9. The van der Waals surface area contributed by atoms with Crippen molar-refractivity contribution in [1.82, 2.24) is 9.97 Å². The number of ether oxygens (including phenoxy) is 1. The van der Waals surface area contributed by atoms with Crippen LogP contribution >= 0.6 is 11.6 Å². The van der Waals surface area contributed by atoms with Gasteiger partial charge in [-0.2, -0.15) is 4.39 Å². The maximum Gasteiger partial charge on any atom is 0.411 e. The van der Waals surface area contributed by atoms with Crippen molar-refractivity contribution in [3.63, 3.8) is 0 Å². The van der Waals surface area contributed by atoms with Gasteiger partial charge in [-0.15, -0.1) is 0 Å². The minimum absolute atomic E-state index is 0.0296. The van der Waals surface area contributed by atoms with E-state index in [0.717, 1.165) is 18.7 Å². The van der Waals surface area contributed by atoms with E-state index in [2.05, 4.69) is 15.3 Å². The van der Waals surface area contributed by atoms with E-state index in [1.54, 1.807) is 0 Å². The highest BCUT2D eigenvalue weighted by Gasteiger charge is 2.17. The Hall–Kier alpha value is -2.28. The van der Waals surface area contributed by atoms with Crippen LogP contribution in [0.4, 0.5) is 19.3 Å². The number of carbonyl (C=O) groups is 1. The van der Waals surface area contributed by atoms with E-state index >= 15 is 0 Å². The van der Waals surface area contributed by atoms with Crippen LogP contribution in [0.25, 0.3) is 11.1 Å². The van der Waals surface area contributed by atoms with Crippen LogP contribution in [0.5, 0.6) is 0 Å². The molecule has 0 aliphatic carbocycles. The number of halogens is 3. The van der Waals surface area contributed by atoms with Crippen LogP contribution in [-0.2, 0) is 4.74 Å². The summed E-state index contributed by atoms with van der Waals surface area (Å²) in [6.45, 7) is 2.20. The second-order valence-electron chi connectivity index (χ2n) is 4.63. The first-order valence-electron chi connectivity index (χ1n) is 6.92. The van der Waals surface area contributed by atoms with Crippen LogP contribution < -0.4 is 5.32 Å². The van der Waals surface area contributed by atoms with Crippen molar-refractivity contribution in [2.24, 2.45) is 0 Å². The van der Waals surface area contributed by atoms with Crippen LogP contribution in [-0.4, -0.2) is 22.7 Å². The molecule has 1 amide bonds. The van der Waals surface area contributed by atoms with Gasteiger partial charge in [-0.05, 0) is 18.6 Å². The third kappa shape index (κ3) is 4.35. The van der Waals surface area contributed by atoms with Gasteiger partial charge in [0.05, 0.1) is 18.5 Å². The number of hydrogen-bond donors (Lipinski definition) is 1. The number of carbonyl (C=O) groups excluding carboxylic acids is 1. The molecule has 2 aromatic rings. The van der Waals surface area contributed by atoms with E-state index in [1.807, 2.05) is 6.92 Å². The molecule has 0 radical (unpaired) electrons. The fourth-order valence-corrected chi connectivity index (χ4v) is 2.04. The Kier molecular flexibility index (Phi) is 5.81. The summed E-state index contributed by atoms with van der Waals surface area (Å²) in [7, 11) is 0. The highest BCUT2D eigenvalue weighted by atomic mass is 35.5. The molecule has 122 valence electrons. The number of rotatable bonds is 5. The van der Waals surface area contributed by atoms with Crippen LogP contribution in [0.3, 0.4) is 0 Å². The van der Waals surface area contributed by atoms with E-state index in [4.69, 9.17) is 16.3 Å². The lowest BCUT2D eigenvalue weighted by Crippen LogP contribution is -2.15. The number of pyridine rings is 2. The van der Waals surface area contributed by atoms with Crippen LogP contribution in [0, 0.1) is 11.8 Å². The monoisotopic (exact) mass is 341 g/mol. The van der Waals surface area contributed by atoms with E-state index in [-0.39, 0.29) is 28.6 Å². The van der Waals surface area contributed by atoms with Crippen molar-refractivity contribution in [3.8, 4) is 11.1 Å². The van der Waals surface area contributed by atoms with Crippen molar-refractivity contribution in [2.45, 2.75) is 19.8 Å². The molecular weight excluding hydrogens is 328 g/mol. The predicted molar refractivity (Wildman–Crippen MR) is 82.3 cm³/mol.